The van der Waals surface area contributed by atoms with E-state index in [2.05, 4.69) is 31.2 Å². The summed E-state index contributed by atoms with van der Waals surface area (Å²) >= 11 is 3.31. The van der Waals surface area contributed by atoms with E-state index in [9.17, 15) is 5.11 Å². The second-order valence-electron chi connectivity index (χ2n) is 4.36. The van der Waals surface area contributed by atoms with Crippen molar-refractivity contribution in [3.8, 4) is 5.75 Å². The number of hydrogen-bond donors (Lipinski definition) is 2. The van der Waals surface area contributed by atoms with Crippen molar-refractivity contribution in [1.29, 1.82) is 0 Å². The maximum atomic E-state index is 9.94. The van der Waals surface area contributed by atoms with Crippen LogP contribution in [0.2, 0.25) is 0 Å². The van der Waals surface area contributed by atoms with Crippen LogP contribution in [0.5, 0.6) is 5.75 Å². The number of halogens is 1. The third kappa shape index (κ3) is 2.58. The molecular formula is C15H12BrN3O. The lowest BCUT2D eigenvalue weighted by Crippen LogP contribution is -2.00. The van der Waals surface area contributed by atoms with Crippen LogP contribution in [0.3, 0.4) is 0 Å². The molecule has 2 N–H and O–H groups in total. The van der Waals surface area contributed by atoms with Gasteiger partial charge in [0.2, 0.25) is 0 Å². The first-order valence-corrected chi connectivity index (χ1v) is 6.94. The van der Waals surface area contributed by atoms with Gasteiger partial charge in [0, 0.05) is 30.2 Å². The van der Waals surface area contributed by atoms with Crippen molar-refractivity contribution < 1.29 is 5.11 Å². The van der Waals surface area contributed by atoms with Crippen LogP contribution in [0.1, 0.15) is 5.56 Å². The molecule has 0 fully saturated rings. The van der Waals surface area contributed by atoms with Crippen molar-refractivity contribution in [1.82, 2.24) is 9.97 Å². The minimum atomic E-state index is 0.264. The number of phenolic OH excluding ortho intramolecular Hbond substituents is 1. The van der Waals surface area contributed by atoms with E-state index in [4.69, 9.17) is 0 Å². The molecule has 1 heterocycles. The number of rotatable bonds is 3. The van der Waals surface area contributed by atoms with Gasteiger partial charge in [0.25, 0.3) is 0 Å². The quantitative estimate of drug-likeness (QED) is 0.769. The lowest BCUT2D eigenvalue weighted by Gasteiger charge is -2.09. The molecule has 0 atom stereocenters. The van der Waals surface area contributed by atoms with Gasteiger partial charge < -0.3 is 10.4 Å². The Kier molecular flexibility index (Phi) is 3.52. The highest BCUT2D eigenvalue weighted by Gasteiger charge is 2.04. The fourth-order valence-electron chi connectivity index (χ4n) is 1.97. The first-order valence-electron chi connectivity index (χ1n) is 6.15. The predicted octanol–water partition coefficient (Wildman–Crippen LogP) is 3.71. The largest absolute Gasteiger partial charge is 0.506 e. The van der Waals surface area contributed by atoms with Gasteiger partial charge in [-0.15, -0.1) is 0 Å². The molecular weight excluding hydrogens is 318 g/mol. The van der Waals surface area contributed by atoms with Gasteiger partial charge in [-0.3, -0.25) is 9.97 Å². The third-order valence-electron chi connectivity index (χ3n) is 3.02. The van der Waals surface area contributed by atoms with Crippen LogP contribution in [0, 0.1) is 0 Å². The van der Waals surface area contributed by atoms with Crippen LogP contribution in [0.4, 0.5) is 5.69 Å². The van der Waals surface area contributed by atoms with Crippen molar-refractivity contribution in [2.24, 2.45) is 0 Å². The molecule has 3 aromatic rings. The van der Waals surface area contributed by atoms with E-state index < -0.39 is 0 Å². The fraction of sp³-hybridized carbons (Fsp3) is 0.0667. The number of nitrogens with one attached hydrogen (secondary N) is 1. The normalized spacial score (nSPS) is 10.7. The topological polar surface area (TPSA) is 58.0 Å². The van der Waals surface area contributed by atoms with E-state index in [0.717, 1.165) is 22.3 Å². The van der Waals surface area contributed by atoms with Gasteiger partial charge in [0.1, 0.15) is 5.75 Å². The SMILES string of the molecule is Oc1c(Br)cccc1CNc1ccc2nccnc2c1. The zero-order chi connectivity index (χ0) is 13.9. The summed E-state index contributed by atoms with van der Waals surface area (Å²) in [6.45, 7) is 0.539. The standard InChI is InChI=1S/C15H12BrN3O/c16-12-3-1-2-10(15(12)20)9-19-11-4-5-13-14(8-11)18-7-6-17-13/h1-8,19-20H,9H2. The molecule has 0 unspecified atom stereocenters. The molecule has 0 aliphatic rings. The van der Waals surface area contributed by atoms with Crippen LogP contribution < -0.4 is 5.32 Å². The number of aromatic hydroxyl groups is 1. The van der Waals surface area contributed by atoms with E-state index in [1.165, 1.54) is 0 Å². The molecule has 20 heavy (non-hydrogen) atoms. The molecule has 0 spiro atoms. The summed E-state index contributed by atoms with van der Waals surface area (Å²) in [6.07, 6.45) is 3.35. The van der Waals surface area contributed by atoms with Crippen molar-refractivity contribution in [3.63, 3.8) is 0 Å². The molecule has 0 aliphatic heterocycles. The predicted molar refractivity (Wildman–Crippen MR) is 82.7 cm³/mol. The molecule has 0 saturated carbocycles. The van der Waals surface area contributed by atoms with E-state index in [1.54, 1.807) is 12.4 Å². The summed E-state index contributed by atoms with van der Waals surface area (Å²) < 4.78 is 0.696. The Balaban J connectivity index is 1.81. The summed E-state index contributed by atoms with van der Waals surface area (Å²) in [6, 6.07) is 11.4. The molecule has 3 rings (SSSR count). The zero-order valence-corrected chi connectivity index (χ0v) is 12.1. The number of fused-ring (bicyclic) bond motifs is 1. The molecule has 1 aromatic heterocycles. The highest BCUT2D eigenvalue weighted by Crippen LogP contribution is 2.28. The van der Waals surface area contributed by atoms with Crippen LogP contribution in [0.15, 0.2) is 53.3 Å². The number of aromatic nitrogens is 2. The Morgan fingerprint density at radius 1 is 1.05 bits per heavy atom. The maximum Gasteiger partial charge on any atom is 0.134 e. The van der Waals surface area contributed by atoms with E-state index in [1.807, 2.05) is 36.4 Å². The second-order valence-corrected chi connectivity index (χ2v) is 5.22. The highest BCUT2D eigenvalue weighted by atomic mass is 79.9. The number of nitrogens with zero attached hydrogens (tertiary/aromatic N) is 2. The van der Waals surface area contributed by atoms with Crippen LogP contribution in [-0.4, -0.2) is 15.1 Å². The van der Waals surface area contributed by atoms with E-state index >= 15 is 0 Å². The lowest BCUT2D eigenvalue weighted by atomic mass is 10.2. The van der Waals surface area contributed by atoms with Gasteiger partial charge in [-0.25, -0.2) is 0 Å². The molecule has 0 radical (unpaired) electrons. The first-order chi connectivity index (χ1) is 9.74. The Labute approximate surface area is 124 Å². The summed E-state index contributed by atoms with van der Waals surface area (Å²) in [5.41, 5.74) is 3.48. The zero-order valence-electron chi connectivity index (χ0n) is 10.5. The molecule has 100 valence electrons. The van der Waals surface area contributed by atoms with Crippen molar-refractivity contribution >= 4 is 32.7 Å². The number of hydrogen-bond acceptors (Lipinski definition) is 4. The second kappa shape index (κ2) is 5.46. The maximum absolute atomic E-state index is 9.94. The average Bonchev–Trinajstić information content (AvgIpc) is 2.48. The van der Waals surface area contributed by atoms with Gasteiger partial charge in [0.15, 0.2) is 0 Å². The van der Waals surface area contributed by atoms with Gasteiger partial charge in [-0.2, -0.15) is 0 Å². The Morgan fingerprint density at radius 3 is 2.70 bits per heavy atom. The molecule has 4 nitrogen and oxygen atoms in total. The van der Waals surface area contributed by atoms with E-state index in [0.29, 0.717) is 11.0 Å². The molecule has 0 amide bonds. The summed E-state index contributed by atoms with van der Waals surface area (Å²) in [5, 5.41) is 13.2. The lowest BCUT2D eigenvalue weighted by molar-refractivity contribution is 0.465. The average molecular weight is 330 g/mol. The van der Waals surface area contributed by atoms with Gasteiger partial charge in [0.05, 0.1) is 15.5 Å². The number of para-hydroxylation sites is 1. The Hall–Kier alpha value is -2.14. The number of benzene rings is 2. The van der Waals surface area contributed by atoms with Crippen molar-refractivity contribution in [2.45, 2.75) is 6.54 Å². The van der Waals surface area contributed by atoms with Gasteiger partial charge in [-0.05, 0) is 40.2 Å². The number of phenols is 1. The summed E-state index contributed by atoms with van der Waals surface area (Å²) in [7, 11) is 0. The highest BCUT2D eigenvalue weighted by molar-refractivity contribution is 9.10. The Bertz CT molecular complexity index is 761. The molecule has 0 bridgehead atoms. The third-order valence-corrected chi connectivity index (χ3v) is 3.66. The summed E-state index contributed by atoms with van der Waals surface area (Å²) in [5.74, 6) is 0.264. The first kappa shape index (κ1) is 12.9. The minimum Gasteiger partial charge on any atom is -0.506 e. The van der Waals surface area contributed by atoms with Crippen LogP contribution >= 0.6 is 15.9 Å². The van der Waals surface area contributed by atoms with Crippen LogP contribution in [-0.2, 0) is 6.54 Å². The fourth-order valence-corrected chi connectivity index (χ4v) is 2.38. The Morgan fingerprint density at radius 2 is 1.85 bits per heavy atom. The number of anilines is 1. The molecule has 0 saturated heterocycles. The molecule has 5 heteroatoms. The van der Waals surface area contributed by atoms with Crippen molar-refractivity contribution in [2.75, 3.05) is 5.32 Å². The van der Waals surface area contributed by atoms with Gasteiger partial charge in [-0.1, -0.05) is 12.1 Å². The minimum absolute atomic E-state index is 0.264. The smallest absolute Gasteiger partial charge is 0.134 e. The molecule has 2 aromatic carbocycles. The van der Waals surface area contributed by atoms with Crippen LogP contribution in [0.25, 0.3) is 11.0 Å². The summed E-state index contributed by atoms with van der Waals surface area (Å²) in [4.78, 5) is 8.50. The van der Waals surface area contributed by atoms with E-state index in [-0.39, 0.29) is 5.75 Å². The van der Waals surface area contributed by atoms with Crippen molar-refractivity contribution in [3.05, 3.63) is 58.8 Å². The monoisotopic (exact) mass is 329 g/mol. The molecule has 0 aliphatic carbocycles. The van der Waals surface area contributed by atoms with Gasteiger partial charge >= 0.3 is 0 Å².